The van der Waals surface area contributed by atoms with Crippen LogP contribution in [0, 0.1) is 33.5 Å². The van der Waals surface area contributed by atoms with Gasteiger partial charge in [-0.2, -0.15) is 10.5 Å². The number of pyridine rings is 1. The predicted molar refractivity (Wildman–Crippen MR) is 65.8 cm³/mol. The molecule has 1 rings (SSSR count). The molecule has 1 unspecified atom stereocenters. The van der Waals surface area contributed by atoms with Gasteiger partial charge in [-0.05, 0) is 26.0 Å². The van der Waals surface area contributed by atoms with Crippen LogP contribution >= 0.6 is 0 Å². The third kappa shape index (κ3) is 2.29. The zero-order valence-corrected chi connectivity index (χ0v) is 10.7. The van der Waals surface area contributed by atoms with Crippen LogP contribution in [0.3, 0.4) is 0 Å². The molecule has 0 bridgehead atoms. The molecule has 88 valence electrons. The van der Waals surface area contributed by atoms with Crippen LogP contribution < -0.4 is 0 Å². The van der Waals surface area contributed by atoms with Crippen molar-refractivity contribution in [2.45, 2.75) is 33.6 Å². The van der Waals surface area contributed by atoms with E-state index >= 15 is 0 Å². The molecule has 1 heterocycles. The first-order valence-corrected chi connectivity index (χ1v) is 5.58. The molecule has 0 aliphatic rings. The smallest absolute Gasteiger partial charge is 0.0950 e. The Hall–Kier alpha value is -1.87. The summed E-state index contributed by atoms with van der Waals surface area (Å²) >= 11 is 0. The van der Waals surface area contributed by atoms with E-state index in [0.29, 0.717) is 0 Å². The first kappa shape index (κ1) is 13.2. The number of nitrogens with zero attached hydrogens (tertiary/aromatic N) is 3. The number of rotatable bonds is 3. The normalized spacial score (nSPS) is 13.5. The molecular weight excluding hydrogens is 210 g/mol. The highest BCUT2D eigenvalue weighted by Gasteiger charge is 2.45. The fourth-order valence-electron chi connectivity index (χ4n) is 1.65. The highest BCUT2D eigenvalue weighted by molar-refractivity contribution is 5.24. The number of hydrogen-bond donors (Lipinski definition) is 0. The summed E-state index contributed by atoms with van der Waals surface area (Å²) in [4.78, 5) is 4.23. The van der Waals surface area contributed by atoms with E-state index in [1.54, 1.807) is 6.20 Å². The Bertz CT molecular complexity index is 460. The van der Waals surface area contributed by atoms with Crippen molar-refractivity contribution in [1.29, 1.82) is 10.5 Å². The Morgan fingerprint density at radius 2 is 1.82 bits per heavy atom. The van der Waals surface area contributed by atoms with E-state index in [4.69, 9.17) is 0 Å². The molecule has 3 nitrogen and oxygen atoms in total. The quantitative estimate of drug-likeness (QED) is 0.796. The molecule has 0 saturated carbocycles. The van der Waals surface area contributed by atoms with E-state index in [2.05, 4.69) is 17.1 Å². The summed E-state index contributed by atoms with van der Waals surface area (Å²) in [6.07, 6.45) is 1.68. The lowest BCUT2D eigenvalue weighted by molar-refractivity contribution is 0.153. The fourth-order valence-corrected chi connectivity index (χ4v) is 1.65. The summed E-state index contributed by atoms with van der Waals surface area (Å²) in [6.45, 7) is 7.61. The fraction of sp³-hybridized carbons (Fsp3) is 0.500. The van der Waals surface area contributed by atoms with Crippen LogP contribution in [-0.4, -0.2) is 4.98 Å². The molecule has 1 aromatic heterocycles. The molecule has 17 heavy (non-hydrogen) atoms. The maximum Gasteiger partial charge on any atom is 0.0950 e. The van der Waals surface area contributed by atoms with Gasteiger partial charge in [-0.1, -0.05) is 19.9 Å². The minimum Gasteiger partial charge on any atom is -0.260 e. The van der Waals surface area contributed by atoms with Gasteiger partial charge in [0.1, 0.15) is 0 Å². The van der Waals surface area contributed by atoms with Gasteiger partial charge in [-0.15, -0.1) is 0 Å². The molecule has 0 radical (unpaired) electrons. The summed E-state index contributed by atoms with van der Waals surface area (Å²) in [5.41, 5.74) is -0.334. The number of nitriles is 2. The second-order valence-electron chi connectivity index (χ2n) is 5.28. The van der Waals surface area contributed by atoms with Gasteiger partial charge in [0.2, 0.25) is 0 Å². The number of aromatic nitrogens is 1. The topological polar surface area (TPSA) is 60.5 Å². The van der Waals surface area contributed by atoms with Gasteiger partial charge >= 0.3 is 0 Å². The lowest BCUT2D eigenvalue weighted by Gasteiger charge is -2.39. The molecule has 0 amide bonds. The van der Waals surface area contributed by atoms with Crippen LogP contribution in [0.1, 0.15) is 39.3 Å². The van der Waals surface area contributed by atoms with E-state index in [9.17, 15) is 10.5 Å². The van der Waals surface area contributed by atoms with Crippen LogP contribution in [0.4, 0.5) is 0 Å². The average molecular weight is 227 g/mol. The summed E-state index contributed by atoms with van der Waals surface area (Å²) in [5.74, 6) is -0.390. The Morgan fingerprint density at radius 1 is 1.18 bits per heavy atom. The Kier molecular flexibility index (Phi) is 3.53. The van der Waals surface area contributed by atoms with Gasteiger partial charge in [-0.3, -0.25) is 4.98 Å². The third-order valence-electron chi connectivity index (χ3n) is 3.72. The van der Waals surface area contributed by atoms with Crippen molar-refractivity contribution >= 4 is 0 Å². The van der Waals surface area contributed by atoms with Gasteiger partial charge < -0.3 is 0 Å². The van der Waals surface area contributed by atoms with Crippen LogP contribution in [-0.2, 0) is 0 Å². The SMILES string of the molecule is CC(C)(C#N)C(C)(C)C(C#N)c1ccccn1. The Balaban J connectivity index is 3.23. The summed E-state index contributed by atoms with van der Waals surface area (Å²) < 4.78 is 0. The Labute approximate surface area is 103 Å². The molecule has 1 aromatic rings. The molecule has 1 atom stereocenters. The lowest BCUT2D eigenvalue weighted by atomic mass is 9.61. The van der Waals surface area contributed by atoms with Crippen LogP contribution in [0.2, 0.25) is 0 Å². The van der Waals surface area contributed by atoms with E-state index in [0.717, 1.165) is 5.69 Å². The van der Waals surface area contributed by atoms with E-state index < -0.39 is 16.7 Å². The summed E-state index contributed by atoms with van der Waals surface area (Å²) in [6, 6.07) is 10.1. The molecule has 0 fully saturated rings. The van der Waals surface area contributed by atoms with Gasteiger partial charge in [-0.25, -0.2) is 0 Å². The maximum absolute atomic E-state index is 9.37. The van der Waals surface area contributed by atoms with E-state index in [1.165, 1.54) is 0 Å². The van der Waals surface area contributed by atoms with Crippen LogP contribution in [0.25, 0.3) is 0 Å². The van der Waals surface area contributed by atoms with Crippen molar-refractivity contribution in [2.75, 3.05) is 0 Å². The second kappa shape index (κ2) is 4.55. The van der Waals surface area contributed by atoms with Crippen molar-refractivity contribution in [1.82, 2.24) is 4.98 Å². The molecule has 0 aliphatic carbocycles. The minimum atomic E-state index is -0.592. The minimum absolute atomic E-state index is 0.390. The van der Waals surface area contributed by atoms with E-state index in [-0.39, 0.29) is 0 Å². The molecular formula is C14H17N3. The molecule has 0 spiro atoms. The monoisotopic (exact) mass is 227 g/mol. The zero-order valence-electron chi connectivity index (χ0n) is 10.7. The van der Waals surface area contributed by atoms with Gasteiger partial charge in [0.15, 0.2) is 0 Å². The lowest BCUT2D eigenvalue weighted by Crippen LogP contribution is -2.36. The maximum atomic E-state index is 9.37. The highest BCUT2D eigenvalue weighted by Crippen LogP contribution is 2.47. The van der Waals surface area contributed by atoms with Crippen molar-refractivity contribution in [3.05, 3.63) is 30.1 Å². The average Bonchev–Trinajstić information content (AvgIpc) is 2.30. The third-order valence-corrected chi connectivity index (χ3v) is 3.72. The highest BCUT2D eigenvalue weighted by atomic mass is 14.7. The van der Waals surface area contributed by atoms with Gasteiger partial charge in [0.05, 0.1) is 29.2 Å². The number of hydrogen-bond acceptors (Lipinski definition) is 3. The largest absolute Gasteiger partial charge is 0.260 e. The van der Waals surface area contributed by atoms with Crippen molar-refractivity contribution < 1.29 is 0 Å². The standard InChI is InChI=1S/C14H17N3/c1-13(2,10-16)14(3,4)11(9-15)12-7-5-6-8-17-12/h5-8,11H,1-4H3. The van der Waals surface area contributed by atoms with Crippen molar-refractivity contribution in [2.24, 2.45) is 10.8 Å². The molecule has 0 N–H and O–H groups in total. The van der Waals surface area contributed by atoms with Crippen LogP contribution in [0.15, 0.2) is 24.4 Å². The molecule has 0 aliphatic heterocycles. The Morgan fingerprint density at radius 3 is 2.24 bits per heavy atom. The van der Waals surface area contributed by atoms with Gasteiger partial charge in [0.25, 0.3) is 0 Å². The van der Waals surface area contributed by atoms with Crippen molar-refractivity contribution in [3.63, 3.8) is 0 Å². The predicted octanol–water partition coefficient (Wildman–Crippen LogP) is 3.26. The van der Waals surface area contributed by atoms with Gasteiger partial charge in [0, 0.05) is 11.6 Å². The van der Waals surface area contributed by atoms with Crippen molar-refractivity contribution in [3.8, 4) is 12.1 Å². The summed E-state index contributed by atoms with van der Waals surface area (Å²) in [5, 5.41) is 18.6. The molecule has 3 heteroatoms. The zero-order chi connectivity index (χ0) is 13.1. The van der Waals surface area contributed by atoms with E-state index in [1.807, 2.05) is 45.9 Å². The van der Waals surface area contributed by atoms with Crippen LogP contribution in [0.5, 0.6) is 0 Å². The second-order valence-corrected chi connectivity index (χ2v) is 5.28. The first-order valence-electron chi connectivity index (χ1n) is 5.58. The first-order chi connectivity index (χ1) is 7.86. The molecule has 0 saturated heterocycles. The summed E-state index contributed by atoms with van der Waals surface area (Å²) in [7, 11) is 0. The molecule has 0 aromatic carbocycles.